The lowest BCUT2D eigenvalue weighted by atomic mass is 9.92. The molecule has 2 atom stereocenters. The molecule has 0 radical (unpaired) electrons. The first-order valence-corrected chi connectivity index (χ1v) is 12.4. The zero-order valence-corrected chi connectivity index (χ0v) is 21.0. The summed E-state index contributed by atoms with van der Waals surface area (Å²) >= 11 is 0. The van der Waals surface area contributed by atoms with Gasteiger partial charge in [-0.1, -0.05) is 42.5 Å². The van der Waals surface area contributed by atoms with E-state index < -0.39 is 16.0 Å². The molecule has 6 nitrogen and oxygen atoms in total. The van der Waals surface area contributed by atoms with E-state index in [0.717, 1.165) is 48.4 Å². The van der Waals surface area contributed by atoms with Crippen LogP contribution in [-0.2, 0) is 16.4 Å². The zero-order valence-electron chi connectivity index (χ0n) is 18.6. The molecule has 10 heteroatoms. The minimum Gasteiger partial charge on any atom is -0.492 e. The Labute approximate surface area is 207 Å². The van der Waals surface area contributed by atoms with Crippen LogP contribution in [0.3, 0.4) is 0 Å². The predicted octanol–water partition coefficient (Wildman–Crippen LogP) is 3.30. The third-order valence-electron chi connectivity index (χ3n) is 6.31. The largest absolute Gasteiger partial charge is 0.492 e. The van der Waals surface area contributed by atoms with Crippen LogP contribution in [0.25, 0.3) is 11.1 Å². The molecule has 0 unspecified atom stereocenters. The van der Waals surface area contributed by atoms with Crippen LogP contribution in [0.15, 0.2) is 48.5 Å². The summed E-state index contributed by atoms with van der Waals surface area (Å²) in [5.74, 6) is 0.833. The van der Waals surface area contributed by atoms with Gasteiger partial charge in [0.2, 0.25) is 16.0 Å². The number of rotatable bonds is 10. The minimum atomic E-state index is -3.91. The molecule has 3 N–H and O–H groups in total. The molecule has 0 bridgehead atoms. The van der Waals surface area contributed by atoms with E-state index in [-0.39, 0.29) is 42.3 Å². The Morgan fingerprint density at radius 1 is 1.15 bits per heavy atom. The van der Waals surface area contributed by atoms with Crippen LogP contribution in [0, 0.1) is 5.41 Å². The van der Waals surface area contributed by atoms with Gasteiger partial charge in [-0.3, -0.25) is 0 Å². The van der Waals surface area contributed by atoms with Gasteiger partial charge in [-0.05, 0) is 43.5 Å². The second kappa shape index (κ2) is 11.8. The number of para-hydroxylation sites is 1. The maximum atomic E-state index is 13.0. The highest BCUT2D eigenvalue weighted by Gasteiger charge is 2.57. The standard InChI is InChI=1S/C23H30FN3O3S.2ClH/c1-25-11-12-30-21-8-3-2-7-19(21)18-6-4-5-17(13-18)14-20-22(27-31(28,29)16-24)23(9-10-23)15-26-20;;/h2-8,13,20,22,25-27H,9-12,14-16H2,1H3;2*1H/t20-,22+;;/m0../s1. The Bertz CT molecular complexity index is 1020. The molecule has 1 aliphatic heterocycles. The number of benzene rings is 2. The van der Waals surface area contributed by atoms with Crippen LogP contribution in [0.4, 0.5) is 4.39 Å². The van der Waals surface area contributed by atoms with Crippen molar-refractivity contribution < 1.29 is 17.5 Å². The Hall–Kier alpha value is -1.42. The Kier molecular flexibility index (Phi) is 9.96. The number of alkyl halides is 1. The topological polar surface area (TPSA) is 79.5 Å². The second-order valence-electron chi connectivity index (χ2n) is 8.52. The second-order valence-corrected chi connectivity index (χ2v) is 10.2. The third-order valence-corrected chi connectivity index (χ3v) is 7.21. The zero-order chi connectivity index (χ0) is 21.9. The Morgan fingerprint density at radius 2 is 1.91 bits per heavy atom. The van der Waals surface area contributed by atoms with Gasteiger partial charge < -0.3 is 15.4 Å². The van der Waals surface area contributed by atoms with Gasteiger partial charge >= 0.3 is 0 Å². The molecule has 0 amide bonds. The fourth-order valence-electron chi connectivity index (χ4n) is 4.47. The molecular weight excluding hydrogens is 488 g/mol. The molecular formula is C23H32Cl2FN3O3S. The summed E-state index contributed by atoms with van der Waals surface area (Å²) in [5, 5.41) is 6.56. The van der Waals surface area contributed by atoms with Gasteiger partial charge in [0.1, 0.15) is 12.4 Å². The summed E-state index contributed by atoms with van der Waals surface area (Å²) in [5.41, 5.74) is 3.10. The van der Waals surface area contributed by atoms with E-state index in [1.807, 2.05) is 43.4 Å². The van der Waals surface area contributed by atoms with E-state index in [4.69, 9.17) is 4.74 Å². The first kappa shape index (κ1) is 27.8. The molecule has 2 aromatic carbocycles. The molecule has 2 fully saturated rings. The molecule has 184 valence electrons. The number of hydrogen-bond acceptors (Lipinski definition) is 5. The maximum Gasteiger partial charge on any atom is 0.241 e. The van der Waals surface area contributed by atoms with Crippen LogP contribution in [-0.4, -0.2) is 53.3 Å². The van der Waals surface area contributed by atoms with E-state index in [1.54, 1.807) is 0 Å². The molecule has 1 saturated heterocycles. The molecule has 2 aliphatic rings. The van der Waals surface area contributed by atoms with Crippen molar-refractivity contribution in [3.8, 4) is 16.9 Å². The molecule has 1 heterocycles. The Morgan fingerprint density at radius 3 is 2.61 bits per heavy atom. The van der Waals surface area contributed by atoms with Gasteiger partial charge in [-0.25, -0.2) is 17.5 Å². The van der Waals surface area contributed by atoms with Crippen LogP contribution in [0.5, 0.6) is 5.75 Å². The van der Waals surface area contributed by atoms with Crippen LogP contribution >= 0.6 is 24.8 Å². The SMILES string of the molecule is CNCCOc1ccccc1-c1cccc(C[C@@H]2NCC3(CC3)[C@@H]2NS(=O)(=O)CF)c1.Cl.Cl. The fourth-order valence-corrected chi connectivity index (χ4v) is 5.34. The number of ether oxygens (including phenoxy) is 1. The number of halogens is 3. The molecule has 2 aromatic rings. The van der Waals surface area contributed by atoms with Crippen LogP contribution < -0.4 is 20.1 Å². The van der Waals surface area contributed by atoms with Gasteiger partial charge in [-0.15, -0.1) is 24.8 Å². The van der Waals surface area contributed by atoms with Crippen molar-refractivity contribution in [2.24, 2.45) is 5.41 Å². The van der Waals surface area contributed by atoms with E-state index in [9.17, 15) is 12.8 Å². The summed E-state index contributed by atoms with van der Waals surface area (Å²) < 4.78 is 45.4. The smallest absolute Gasteiger partial charge is 0.241 e. The quantitative estimate of drug-likeness (QED) is 0.419. The lowest BCUT2D eigenvalue weighted by Crippen LogP contribution is -2.48. The average Bonchev–Trinajstić information content (AvgIpc) is 3.50. The van der Waals surface area contributed by atoms with Gasteiger partial charge in [0.25, 0.3) is 0 Å². The van der Waals surface area contributed by atoms with Crippen molar-refractivity contribution in [1.29, 1.82) is 0 Å². The van der Waals surface area contributed by atoms with Gasteiger partial charge in [0, 0.05) is 36.2 Å². The van der Waals surface area contributed by atoms with E-state index in [2.05, 4.69) is 27.5 Å². The molecule has 1 saturated carbocycles. The molecule has 33 heavy (non-hydrogen) atoms. The number of likely N-dealkylation sites (N-methyl/N-ethyl adjacent to an activating group) is 1. The maximum absolute atomic E-state index is 13.0. The first-order chi connectivity index (χ1) is 15.0. The van der Waals surface area contributed by atoms with Crippen LogP contribution in [0.1, 0.15) is 18.4 Å². The van der Waals surface area contributed by atoms with Crippen molar-refractivity contribution in [3.63, 3.8) is 0 Å². The minimum absolute atomic E-state index is 0. The monoisotopic (exact) mass is 519 g/mol. The number of hydrogen-bond donors (Lipinski definition) is 3. The lowest BCUT2D eigenvalue weighted by molar-refractivity contribution is 0.319. The molecule has 1 aliphatic carbocycles. The summed E-state index contributed by atoms with van der Waals surface area (Å²) in [6.07, 6.45) is 2.60. The highest BCUT2D eigenvalue weighted by atomic mass is 35.5. The molecule has 0 aromatic heterocycles. The number of sulfonamides is 1. The highest BCUT2D eigenvalue weighted by molar-refractivity contribution is 7.89. The van der Waals surface area contributed by atoms with Crippen molar-refractivity contribution >= 4 is 34.8 Å². The highest BCUT2D eigenvalue weighted by Crippen LogP contribution is 2.52. The van der Waals surface area contributed by atoms with Crippen molar-refractivity contribution in [2.45, 2.75) is 31.3 Å². The number of nitrogens with one attached hydrogen (secondary N) is 3. The fraction of sp³-hybridized carbons (Fsp3) is 0.478. The van der Waals surface area contributed by atoms with Crippen LogP contribution in [0.2, 0.25) is 0 Å². The summed E-state index contributed by atoms with van der Waals surface area (Å²) in [4.78, 5) is 0. The van der Waals surface area contributed by atoms with Gasteiger partial charge in [0.05, 0.1) is 0 Å². The third kappa shape index (κ3) is 6.59. The van der Waals surface area contributed by atoms with Crippen molar-refractivity contribution in [2.75, 3.05) is 32.8 Å². The van der Waals surface area contributed by atoms with Crippen molar-refractivity contribution in [1.82, 2.24) is 15.4 Å². The first-order valence-electron chi connectivity index (χ1n) is 10.7. The summed E-state index contributed by atoms with van der Waals surface area (Å²) in [6, 6.07) is 14.5. The summed E-state index contributed by atoms with van der Waals surface area (Å²) in [6.45, 7) is 2.11. The van der Waals surface area contributed by atoms with E-state index in [1.165, 1.54) is 0 Å². The lowest BCUT2D eigenvalue weighted by Gasteiger charge is -2.24. The normalized spacial score (nSPS) is 20.7. The van der Waals surface area contributed by atoms with E-state index >= 15 is 0 Å². The average molecular weight is 520 g/mol. The van der Waals surface area contributed by atoms with Gasteiger partial charge in [0.15, 0.2) is 0 Å². The molecule has 1 spiro atoms. The molecule has 4 rings (SSSR count). The Balaban J connectivity index is 0.00000193. The van der Waals surface area contributed by atoms with Crippen molar-refractivity contribution in [3.05, 3.63) is 54.1 Å². The van der Waals surface area contributed by atoms with E-state index in [0.29, 0.717) is 13.0 Å². The van der Waals surface area contributed by atoms with Gasteiger partial charge in [-0.2, -0.15) is 0 Å². The predicted molar refractivity (Wildman–Crippen MR) is 135 cm³/mol. The summed E-state index contributed by atoms with van der Waals surface area (Å²) in [7, 11) is -2.01.